The number of nitrogens with one attached hydrogen (secondary N) is 5. The zero-order valence-electron chi connectivity index (χ0n) is 33.8. The first kappa shape index (κ1) is 41.2. The Bertz CT molecular complexity index is 2420. The Morgan fingerprint density at radius 3 is 2.60 bits per heavy atom. The molecule has 17 heteroatoms. The van der Waals surface area contributed by atoms with Gasteiger partial charge in [0.2, 0.25) is 17.7 Å². The highest BCUT2D eigenvalue weighted by atomic mass is 35.5. The van der Waals surface area contributed by atoms with Gasteiger partial charge in [-0.1, -0.05) is 47.5 Å². The molecule has 0 spiro atoms. The summed E-state index contributed by atoms with van der Waals surface area (Å²) in [5.74, 6) is -0.855. The second kappa shape index (κ2) is 17.2. The minimum Gasteiger partial charge on any atom is -0.350 e. The van der Waals surface area contributed by atoms with Gasteiger partial charge in [-0.15, -0.1) is 16.4 Å². The number of amides is 4. The lowest BCUT2D eigenvalue weighted by Gasteiger charge is -2.38. The molecule has 8 rings (SSSR count). The van der Waals surface area contributed by atoms with Gasteiger partial charge in [0.05, 0.1) is 30.9 Å². The van der Waals surface area contributed by atoms with E-state index in [2.05, 4.69) is 32.3 Å². The maximum absolute atomic E-state index is 13.5. The highest BCUT2D eigenvalue weighted by molar-refractivity contribution is 7.17. The van der Waals surface area contributed by atoms with Crippen molar-refractivity contribution in [1.29, 1.82) is 10.8 Å². The fourth-order valence-corrected chi connectivity index (χ4v) is 10.2. The molecule has 0 saturated carbocycles. The maximum Gasteiger partial charge on any atom is 0.255 e. The molecule has 0 radical (unpaired) electrons. The van der Waals surface area contributed by atoms with Gasteiger partial charge in [0, 0.05) is 45.6 Å². The Morgan fingerprint density at radius 2 is 1.83 bits per heavy atom. The number of aliphatic imine (C=N–C) groups is 1. The van der Waals surface area contributed by atoms with Gasteiger partial charge in [0.15, 0.2) is 0 Å². The van der Waals surface area contributed by atoms with Crippen molar-refractivity contribution in [3.8, 4) is 0 Å². The van der Waals surface area contributed by atoms with Gasteiger partial charge >= 0.3 is 0 Å². The maximum atomic E-state index is 13.5. The van der Waals surface area contributed by atoms with Crippen LogP contribution in [0.15, 0.2) is 53.7 Å². The number of thiophene rings is 1. The van der Waals surface area contributed by atoms with Gasteiger partial charge < -0.3 is 15.5 Å². The third-order valence-corrected chi connectivity index (χ3v) is 13.4. The second-order valence-electron chi connectivity index (χ2n) is 15.9. The van der Waals surface area contributed by atoms with Crippen molar-refractivity contribution in [3.63, 3.8) is 0 Å². The van der Waals surface area contributed by atoms with E-state index in [9.17, 15) is 19.2 Å². The van der Waals surface area contributed by atoms with Crippen LogP contribution in [-0.4, -0.2) is 79.5 Å². The van der Waals surface area contributed by atoms with Gasteiger partial charge in [0.1, 0.15) is 34.4 Å². The molecular weight excluding hydrogens is 802 g/mol. The predicted molar refractivity (Wildman–Crippen MR) is 230 cm³/mol. The third kappa shape index (κ3) is 8.02. The van der Waals surface area contributed by atoms with E-state index in [0.29, 0.717) is 35.0 Å². The minimum atomic E-state index is -0.830. The standard InChI is InChI=1S/C43H48ClN11O4S/c1-23-24(2)60-43-37(23)39(26-10-12-27(44)13-11-26)49-32(40(46)54(43)25(3)45)20-36(57)48-21-28-22-53(52-51-28)19-6-4-5-18-47-31-14-15-33-38-29(31)8-7-9-30(38)42(59)55(33)34-16-17-35(56)50-41(34)58/h7-13,22,31-34,45-47H,4-6,14-21H2,1-3H3,(H,48,57)(H,50,56,58)/t31?,32-,33?,34?/m0/s1. The molecule has 2 aromatic heterocycles. The largest absolute Gasteiger partial charge is 0.350 e. The molecule has 1 fully saturated rings. The van der Waals surface area contributed by atoms with Crippen molar-refractivity contribution < 1.29 is 19.2 Å². The van der Waals surface area contributed by atoms with Crippen molar-refractivity contribution in [2.24, 2.45) is 4.99 Å². The van der Waals surface area contributed by atoms with Crippen LogP contribution in [-0.2, 0) is 27.5 Å². The highest BCUT2D eigenvalue weighted by Crippen LogP contribution is 2.48. The molecule has 312 valence electrons. The van der Waals surface area contributed by atoms with Crippen LogP contribution in [0.1, 0.15) is 119 Å². The molecule has 4 aromatic rings. The van der Waals surface area contributed by atoms with Crippen LogP contribution in [0.4, 0.5) is 5.00 Å². The van der Waals surface area contributed by atoms with E-state index in [1.807, 2.05) is 44.3 Å². The Hall–Kier alpha value is -5.58. The number of piperidine rings is 1. The summed E-state index contributed by atoms with van der Waals surface area (Å²) in [5, 5.41) is 36.6. The highest BCUT2D eigenvalue weighted by Gasteiger charge is 2.48. The summed E-state index contributed by atoms with van der Waals surface area (Å²) >= 11 is 7.72. The number of hydrogen-bond acceptors (Lipinski definition) is 11. The first-order chi connectivity index (χ1) is 28.9. The number of anilines is 1. The molecule has 15 nitrogen and oxygen atoms in total. The number of carbonyl (C=O) groups is 4. The van der Waals surface area contributed by atoms with Crippen molar-refractivity contribution in [3.05, 3.63) is 97.6 Å². The van der Waals surface area contributed by atoms with E-state index in [4.69, 9.17) is 27.4 Å². The minimum absolute atomic E-state index is 0.0658. The molecular formula is C43H48ClN11O4S. The average molecular weight is 850 g/mol. The molecule has 0 bridgehead atoms. The number of hydrogen-bond donors (Lipinski definition) is 5. The quantitative estimate of drug-likeness (QED) is 0.0473. The molecule has 5 N–H and O–H groups in total. The number of fused-ring (bicyclic) bond motifs is 1. The number of imide groups is 1. The van der Waals surface area contributed by atoms with Gasteiger partial charge in [-0.25, -0.2) is 0 Å². The smallest absolute Gasteiger partial charge is 0.255 e. The first-order valence-electron chi connectivity index (χ1n) is 20.5. The third-order valence-electron chi connectivity index (χ3n) is 11.9. The molecule has 3 unspecified atom stereocenters. The van der Waals surface area contributed by atoms with Crippen LogP contribution in [0.3, 0.4) is 0 Å². The summed E-state index contributed by atoms with van der Waals surface area (Å²) in [4.78, 5) is 60.7. The van der Waals surface area contributed by atoms with Gasteiger partial charge in [-0.3, -0.25) is 49.9 Å². The number of aromatic nitrogens is 3. The fraction of sp³-hybridized carbons (Fsp3) is 0.419. The second-order valence-corrected chi connectivity index (χ2v) is 17.5. The van der Waals surface area contributed by atoms with Crippen LogP contribution in [0, 0.1) is 24.7 Å². The van der Waals surface area contributed by atoms with Gasteiger partial charge in [0.25, 0.3) is 5.91 Å². The number of unbranched alkanes of at least 4 members (excludes halogenated alkanes) is 2. The first-order valence-corrected chi connectivity index (χ1v) is 21.6. The number of amidine groups is 2. The summed E-state index contributed by atoms with van der Waals surface area (Å²) in [7, 11) is 0. The molecule has 4 aliphatic rings. The Labute approximate surface area is 357 Å². The van der Waals surface area contributed by atoms with E-state index in [-0.39, 0.29) is 66.8 Å². The number of aryl methyl sites for hydroxylation is 2. The Balaban J connectivity index is 0.818. The summed E-state index contributed by atoms with van der Waals surface area (Å²) in [6.45, 7) is 7.35. The van der Waals surface area contributed by atoms with Crippen molar-refractivity contribution in [2.75, 3.05) is 11.4 Å². The molecule has 4 atom stereocenters. The molecule has 4 amide bonds. The van der Waals surface area contributed by atoms with E-state index in [1.54, 1.807) is 33.5 Å². The number of rotatable bonds is 13. The van der Waals surface area contributed by atoms with Crippen molar-refractivity contribution in [1.82, 2.24) is 35.8 Å². The van der Waals surface area contributed by atoms with Gasteiger partial charge in [-0.2, -0.15) is 0 Å². The number of carbonyl (C=O) groups excluding carboxylic acids is 4. The zero-order valence-corrected chi connectivity index (χ0v) is 35.4. The molecule has 2 aromatic carbocycles. The molecule has 5 heterocycles. The number of nitrogens with zero attached hydrogens (tertiary/aromatic N) is 6. The van der Waals surface area contributed by atoms with Crippen LogP contribution < -0.4 is 20.9 Å². The summed E-state index contributed by atoms with van der Waals surface area (Å²) < 4.78 is 1.78. The number of halogens is 1. The fourth-order valence-electron chi connectivity index (χ4n) is 8.85. The Morgan fingerprint density at radius 1 is 1.03 bits per heavy atom. The van der Waals surface area contributed by atoms with Gasteiger partial charge in [-0.05, 0) is 94.3 Å². The van der Waals surface area contributed by atoms with Crippen LogP contribution in [0.25, 0.3) is 0 Å². The average Bonchev–Trinajstić information content (AvgIpc) is 3.86. The topological polar surface area (TPSA) is 202 Å². The molecule has 3 aliphatic heterocycles. The molecule has 1 aliphatic carbocycles. The lowest BCUT2D eigenvalue weighted by Crippen LogP contribution is -2.53. The predicted octanol–water partition coefficient (Wildman–Crippen LogP) is 5.91. The van der Waals surface area contributed by atoms with E-state index < -0.39 is 12.1 Å². The van der Waals surface area contributed by atoms with Crippen LogP contribution in [0.2, 0.25) is 5.02 Å². The summed E-state index contributed by atoms with van der Waals surface area (Å²) in [6, 6.07) is 11.7. The molecule has 60 heavy (non-hydrogen) atoms. The van der Waals surface area contributed by atoms with E-state index in [0.717, 1.165) is 76.3 Å². The summed E-state index contributed by atoms with van der Waals surface area (Å²) in [5.41, 5.74) is 6.77. The lowest BCUT2D eigenvalue weighted by atomic mass is 9.83. The zero-order chi connectivity index (χ0) is 42.2. The van der Waals surface area contributed by atoms with E-state index in [1.165, 1.54) is 11.3 Å². The number of benzene rings is 2. The van der Waals surface area contributed by atoms with Crippen molar-refractivity contribution in [2.45, 2.75) is 109 Å². The lowest BCUT2D eigenvalue weighted by molar-refractivity contribution is -0.137. The van der Waals surface area contributed by atoms with E-state index >= 15 is 0 Å². The van der Waals surface area contributed by atoms with Crippen LogP contribution >= 0.6 is 22.9 Å². The van der Waals surface area contributed by atoms with Crippen molar-refractivity contribution >= 4 is 69.0 Å². The SMILES string of the molecule is CC(=N)N1C(=N)[C@H](CC(=O)NCc2cn(CCCCCNC3CCC4c5c(cccc53)C(=O)N4C3CCC(=O)NC3=O)nn2)N=C(c2ccc(Cl)cc2)c2c1sc(C)c2C. The normalized spacial score (nSPS) is 21.0. The molecule has 1 saturated heterocycles. The summed E-state index contributed by atoms with van der Waals surface area (Å²) in [6.07, 6.45) is 6.74. The monoisotopic (exact) mass is 849 g/mol. The Kier molecular flexibility index (Phi) is 11.8. The van der Waals surface area contributed by atoms with Crippen LogP contribution in [0.5, 0.6) is 0 Å².